The van der Waals surface area contributed by atoms with Crippen LogP contribution in [-0.2, 0) is 4.79 Å². The fraction of sp³-hybridized carbons (Fsp3) is 0.533. The van der Waals surface area contributed by atoms with Gasteiger partial charge in [0, 0.05) is 23.1 Å². The molecular weight excluding hydrogens is 275 g/mol. The predicted octanol–water partition coefficient (Wildman–Crippen LogP) is 3.00. The highest BCUT2D eigenvalue weighted by Gasteiger charge is 2.23. The summed E-state index contributed by atoms with van der Waals surface area (Å²) in [5, 5.41) is 2.99. The zero-order valence-corrected chi connectivity index (χ0v) is 12.5. The van der Waals surface area contributed by atoms with E-state index < -0.39 is 0 Å². The SMILES string of the molecule is CCCC(N)CC(=O)NC1CCSc2ccc(F)cc21. The Morgan fingerprint density at radius 2 is 2.40 bits per heavy atom. The van der Waals surface area contributed by atoms with Gasteiger partial charge in [0.05, 0.1) is 6.04 Å². The number of amides is 1. The molecule has 1 aliphatic heterocycles. The van der Waals surface area contributed by atoms with Gasteiger partial charge in [-0.3, -0.25) is 4.79 Å². The topological polar surface area (TPSA) is 55.1 Å². The van der Waals surface area contributed by atoms with Crippen molar-refractivity contribution >= 4 is 17.7 Å². The summed E-state index contributed by atoms with van der Waals surface area (Å²) in [5.41, 5.74) is 6.77. The van der Waals surface area contributed by atoms with Crippen LogP contribution >= 0.6 is 11.8 Å². The van der Waals surface area contributed by atoms with Crippen molar-refractivity contribution in [3.8, 4) is 0 Å². The van der Waals surface area contributed by atoms with Gasteiger partial charge < -0.3 is 11.1 Å². The first-order valence-electron chi connectivity index (χ1n) is 7.07. The number of hydrogen-bond acceptors (Lipinski definition) is 3. The maximum absolute atomic E-state index is 13.4. The zero-order chi connectivity index (χ0) is 14.5. The molecule has 1 aliphatic rings. The molecule has 1 aromatic rings. The maximum Gasteiger partial charge on any atom is 0.222 e. The predicted molar refractivity (Wildman–Crippen MR) is 80.1 cm³/mol. The van der Waals surface area contributed by atoms with Crippen LogP contribution in [0.15, 0.2) is 23.1 Å². The molecule has 1 amide bonds. The summed E-state index contributed by atoms with van der Waals surface area (Å²) in [6, 6.07) is 4.59. The molecule has 0 aliphatic carbocycles. The Labute approximate surface area is 123 Å². The Bertz CT molecular complexity index is 481. The van der Waals surface area contributed by atoms with E-state index in [0.717, 1.165) is 35.5 Å². The minimum absolute atomic E-state index is 0.0435. The van der Waals surface area contributed by atoms with E-state index in [-0.39, 0.29) is 23.8 Å². The fourth-order valence-corrected chi connectivity index (χ4v) is 3.59. The molecule has 1 heterocycles. The van der Waals surface area contributed by atoms with Gasteiger partial charge in [-0.1, -0.05) is 13.3 Å². The number of thioether (sulfide) groups is 1. The zero-order valence-electron chi connectivity index (χ0n) is 11.7. The van der Waals surface area contributed by atoms with Crippen LogP contribution in [0.1, 0.15) is 44.2 Å². The first-order valence-corrected chi connectivity index (χ1v) is 8.06. The molecule has 2 unspecified atom stereocenters. The Morgan fingerprint density at radius 1 is 1.60 bits per heavy atom. The molecule has 0 bridgehead atoms. The molecule has 2 rings (SSSR count). The Balaban J connectivity index is 2.01. The highest BCUT2D eigenvalue weighted by Crippen LogP contribution is 2.36. The molecule has 1 aromatic carbocycles. The van der Waals surface area contributed by atoms with Gasteiger partial charge in [-0.2, -0.15) is 0 Å². The Hall–Kier alpha value is -1.07. The number of benzene rings is 1. The second kappa shape index (κ2) is 7.09. The summed E-state index contributed by atoms with van der Waals surface area (Å²) in [5.74, 6) is 0.635. The number of nitrogens with two attached hydrogens (primary N) is 1. The molecule has 0 aromatic heterocycles. The van der Waals surface area contributed by atoms with Crippen molar-refractivity contribution in [2.75, 3.05) is 5.75 Å². The average Bonchev–Trinajstić information content (AvgIpc) is 2.39. The molecule has 0 radical (unpaired) electrons. The van der Waals surface area contributed by atoms with E-state index in [1.54, 1.807) is 17.8 Å². The number of rotatable bonds is 5. The molecule has 0 saturated carbocycles. The summed E-state index contributed by atoms with van der Waals surface area (Å²) in [4.78, 5) is 13.1. The van der Waals surface area contributed by atoms with Crippen LogP contribution in [0, 0.1) is 5.82 Å². The largest absolute Gasteiger partial charge is 0.349 e. The van der Waals surface area contributed by atoms with E-state index in [0.29, 0.717) is 6.42 Å². The van der Waals surface area contributed by atoms with Gasteiger partial charge in [-0.25, -0.2) is 4.39 Å². The highest BCUT2D eigenvalue weighted by atomic mass is 32.2. The third kappa shape index (κ3) is 3.96. The van der Waals surface area contributed by atoms with E-state index in [9.17, 15) is 9.18 Å². The van der Waals surface area contributed by atoms with Gasteiger partial charge in [0.15, 0.2) is 0 Å². The van der Waals surface area contributed by atoms with E-state index in [1.807, 2.05) is 0 Å². The fourth-order valence-electron chi connectivity index (χ4n) is 2.48. The van der Waals surface area contributed by atoms with Crippen LogP contribution < -0.4 is 11.1 Å². The summed E-state index contributed by atoms with van der Waals surface area (Å²) >= 11 is 1.71. The molecule has 0 spiro atoms. The number of carbonyl (C=O) groups is 1. The molecular formula is C15H21FN2OS. The first-order chi connectivity index (χ1) is 9.60. The lowest BCUT2D eigenvalue weighted by Gasteiger charge is -2.26. The van der Waals surface area contributed by atoms with E-state index in [1.165, 1.54) is 12.1 Å². The number of hydrogen-bond donors (Lipinski definition) is 2. The number of carbonyl (C=O) groups excluding carboxylic acids is 1. The number of fused-ring (bicyclic) bond motifs is 1. The maximum atomic E-state index is 13.4. The molecule has 3 nitrogen and oxygen atoms in total. The van der Waals surface area contributed by atoms with Gasteiger partial charge in [0.2, 0.25) is 5.91 Å². The minimum atomic E-state index is -0.256. The van der Waals surface area contributed by atoms with Gasteiger partial charge >= 0.3 is 0 Å². The molecule has 3 N–H and O–H groups in total. The van der Waals surface area contributed by atoms with Crippen LogP contribution in [0.2, 0.25) is 0 Å². The minimum Gasteiger partial charge on any atom is -0.349 e. The van der Waals surface area contributed by atoms with Crippen molar-refractivity contribution in [1.82, 2.24) is 5.32 Å². The highest BCUT2D eigenvalue weighted by molar-refractivity contribution is 7.99. The van der Waals surface area contributed by atoms with E-state index >= 15 is 0 Å². The molecule has 0 fully saturated rings. The van der Waals surface area contributed by atoms with Crippen molar-refractivity contribution in [1.29, 1.82) is 0 Å². The number of halogens is 1. The standard InChI is InChI=1S/C15H21FN2OS/c1-2-3-11(17)9-15(19)18-13-6-7-20-14-5-4-10(16)8-12(13)14/h4-5,8,11,13H,2-3,6-7,9,17H2,1H3,(H,18,19). The number of nitrogens with one attached hydrogen (secondary N) is 1. The lowest BCUT2D eigenvalue weighted by atomic mass is 10.0. The third-order valence-corrected chi connectivity index (χ3v) is 4.58. The third-order valence-electron chi connectivity index (χ3n) is 3.45. The second-order valence-corrected chi connectivity index (χ2v) is 6.33. The molecule has 0 saturated heterocycles. The average molecular weight is 296 g/mol. The van der Waals surface area contributed by atoms with Crippen molar-refractivity contribution in [2.24, 2.45) is 5.73 Å². The van der Waals surface area contributed by atoms with Gasteiger partial charge in [-0.05, 0) is 36.6 Å². The van der Waals surface area contributed by atoms with Crippen LogP contribution in [0.5, 0.6) is 0 Å². The monoisotopic (exact) mass is 296 g/mol. The van der Waals surface area contributed by atoms with Crippen molar-refractivity contribution < 1.29 is 9.18 Å². The molecule has 5 heteroatoms. The van der Waals surface area contributed by atoms with E-state index in [4.69, 9.17) is 5.73 Å². The quantitative estimate of drug-likeness (QED) is 0.878. The summed E-state index contributed by atoms with van der Waals surface area (Å²) in [6.45, 7) is 2.05. The van der Waals surface area contributed by atoms with Gasteiger partial charge in [0.1, 0.15) is 5.82 Å². The van der Waals surface area contributed by atoms with Crippen molar-refractivity contribution in [3.05, 3.63) is 29.6 Å². The lowest BCUT2D eigenvalue weighted by Crippen LogP contribution is -2.35. The smallest absolute Gasteiger partial charge is 0.222 e. The molecule has 20 heavy (non-hydrogen) atoms. The molecule has 110 valence electrons. The summed E-state index contributed by atoms with van der Waals surface area (Å²) in [7, 11) is 0. The van der Waals surface area contributed by atoms with E-state index in [2.05, 4.69) is 12.2 Å². The van der Waals surface area contributed by atoms with Crippen LogP contribution in [0.4, 0.5) is 4.39 Å². The Kier molecular flexibility index (Phi) is 5.43. The Morgan fingerprint density at radius 3 is 3.15 bits per heavy atom. The van der Waals surface area contributed by atoms with Crippen LogP contribution in [0.3, 0.4) is 0 Å². The second-order valence-electron chi connectivity index (χ2n) is 5.19. The van der Waals surface area contributed by atoms with Crippen LogP contribution in [0.25, 0.3) is 0 Å². The molecule has 2 atom stereocenters. The normalized spacial score (nSPS) is 19.2. The van der Waals surface area contributed by atoms with Crippen LogP contribution in [-0.4, -0.2) is 17.7 Å². The van der Waals surface area contributed by atoms with Gasteiger partial charge in [0.25, 0.3) is 0 Å². The first kappa shape index (κ1) is 15.3. The summed E-state index contributed by atoms with van der Waals surface area (Å²) in [6.07, 6.45) is 2.99. The van der Waals surface area contributed by atoms with Gasteiger partial charge in [-0.15, -0.1) is 11.8 Å². The van der Waals surface area contributed by atoms with Crippen molar-refractivity contribution in [3.63, 3.8) is 0 Å². The summed E-state index contributed by atoms with van der Waals surface area (Å²) < 4.78 is 13.4. The van der Waals surface area contributed by atoms with Crippen molar-refractivity contribution in [2.45, 2.75) is 49.6 Å². The lowest BCUT2D eigenvalue weighted by molar-refractivity contribution is -0.122.